The van der Waals surface area contributed by atoms with Gasteiger partial charge in [-0.05, 0) is 12.5 Å². The highest BCUT2D eigenvalue weighted by Crippen LogP contribution is 2.38. The minimum absolute atomic E-state index is 0.0404. The largest absolute Gasteiger partial charge is 0.423 e. The number of likely N-dealkylation sites (tertiary alicyclic amines) is 1. The van der Waals surface area contributed by atoms with Gasteiger partial charge in [0, 0.05) is 19.1 Å². The summed E-state index contributed by atoms with van der Waals surface area (Å²) in [5.41, 5.74) is 0.948. The summed E-state index contributed by atoms with van der Waals surface area (Å²) in [6.45, 7) is 1.92. The molecule has 0 saturated carbocycles. The molecule has 1 aliphatic heterocycles. The van der Waals surface area contributed by atoms with Gasteiger partial charge < -0.3 is 4.74 Å². The Bertz CT molecular complexity index is 466. The fourth-order valence-electron chi connectivity index (χ4n) is 2.35. The third kappa shape index (κ3) is 3.92. The van der Waals surface area contributed by atoms with Gasteiger partial charge >= 0.3 is 12.4 Å². The van der Waals surface area contributed by atoms with E-state index in [1.807, 2.05) is 37.3 Å². The molecule has 1 aromatic carbocycles. The normalized spacial score (nSPS) is 19.3. The van der Waals surface area contributed by atoms with E-state index in [0.717, 1.165) is 5.56 Å². The van der Waals surface area contributed by atoms with Gasteiger partial charge in [0.05, 0.1) is 6.10 Å². The molecule has 1 aromatic rings. The highest BCUT2D eigenvalue weighted by atomic mass is 19.4. The van der Waals surface area contributed by atoms with E-state index in [1.54, 1.807) is 4.90 Å². The number of alkyl halides is 6. The molecule has 0 aromatic heterocycles. The second-order valence-corrected chi connectivity index (χ2v) is 5.26. The van der Waals surface area contributed by atoms with Crippen molar-refractivity contribution in [2.24, 2.45) is 0 Å². The second kappa shape index (κ2) is 6.08. The fourth-order valence-corrected chi connectivity index (χ4v) is 2.35. The lowest BCUT2D eigenvalue weighted by Gasteiger charge is -2.44. The number of ether oxygens (including phenoxy) is 1. The number of rotatable bonds is 4. The second-order valence-electron chi connectivity index (χ2n) is 5.26. The van der Waals surface area contributed by atoms with Gasteiger partial charge in [-0.25, -0.2) is 0 Å². The van der Waals surface area contributed by atoms with Crippen LogP contribution in [0.1, 0.15) is 18.5 Å². The zero-order chi connectivity index (χ0) is 16.5. The van der Waals surface area contributed by atoms with Crippen LogP contribution < -0.4 is 0 Å². The topological polar surface area (TPSA) is 12.5 Å². The first kappa shape index (κ1) is 17.1. The quantitative estimate of drug-likeness (QED) is 0.777. The zero-order valence-electron chi connectivity index (χ0n) is 11.7. The Morgan fingerprint density at radius 1 is 1.00 bits per heavy atom. The summed E-state index contributed by atoms with van der Waals surface area (Å²) < 4.78 is 78.6. The molecule has 1 fully saturated rings. The van der Waals surface area contributed by atoms with E-state index < -0.39 is 24.6 Å². The summed E-state index contributed by atoms with van der Waals surface area (Å²) in [6.07, 6.45) is -15.7. The smallest absolute Gasteiger partial charge is 0.355 e. The van der Waals surface area contributed by atoms with E-state index in [4.69, 9.17) is 0 Å². The number of benzene rings is 1. The fraction of sp³-hybridized carbons (Fsp3) is 0.571. The molecule has 1 unspecified atom stereocenters. The van der Waals surface area contributed by atoms with Crippen LogP contribution in [0.25, 0.3) is 0 Å². The van der Waals surface area contributed by atoms with E-state index in [1.165, 1.54) is 0 Å². The summed E-state index contributed by atoms with van der Waals surface area (Å²) in [5, 5.41) is 0. The van der Waals surface area contributed by atoms with Gasteiger partial charge in [-0.1, -0.05) is 30.3 Å². The van der Waals surface area contributed by atoms with E-state index in [9.17, 15) is 26.3 Å². The Hall–Kier alpha value is -1.28. The summed E-state index contributed by atoms with van der Waals surface area (Å²) in [4.78, 5) is 1.77. The van der Waals surface area contributed by atoms with Crippen LogP contribution in [0, 0.1) is 0 Å². The van der Waals surface area contributed by atoms with Crippen molar-refractivity contribution in [1.82, 2.24) is 4.90 Å². The number of hydrogen-bond acceptors (Lipinski definition) is 2. The summed E-state index contributed by atoms with van der Waals surface area (Å²) in [5.74, 6) is 0. The summed E-state index contributed by atoms with van der Waals surface area (Å²) in [7, 11) is 0. The Morgan fingerprint density at radius 2 is 1.50 bits per heavy atom. The van der Waals surface area contributed by atoms with E-state index in [0.29, 0.717) is 0 Å². The van der Waals surface area contributed by atoms with Crippen molar-refractivity contribution in [2.75, 3.05) is 13.1 Å². The van der Waals surface area contributed by atoms with Crippen LogP contribution in [0.5, 0.6) is 0 Å². The van der Waals surface area contributed by atoms with Crippen molar-refractivity contribution >= 4 is 0 Å². The molecule has 1 atom stereocenters. The van der Waals surface area contributed by atoms with Gasteiger partial charge in [0.25, 0.3) is 0 Å². The molecule has 22 heavy (non-hydrogen) atoms. The molecule has 0 bridgehead atoms. The molecule has 2 rings (SSSR count). The zero-order valence-corrected chi connectivity index (χ0v) is 11.7. The van der Waals surface area contributed by atoms with Gasteiger partial charge in [0.1, 0.15) is 0 Å². The predicted molar refractivity (Wildman–Crippen MR) is 67.2 cm³/mol. The van der Waals surface area contributed by atoms with Crippen LogP contribution in [-0.2, 0) is 4.74 Å². The average molecular weight is 327 g/mol. The molecular formula is C14H15F6NO. The number of nitrogens with zero attached hydrogens (tertiary/aromatic N) is 1. The molecule has 1 saturated heterocycles. The van der Waals surface area contributed by atoms with Gasteiger partial charge in [0.15, 0.2) is 0 Å². The maximum Gasteiger partial charge on any atom is 0.423 e. The lowest BCUT2D eigenvalue weighted by atomic mass is 10.0. The lowest BCUT2D eigenvalue weighted by Crippen LogP contribution is -2.57. The standard InChI is InChI=1S/C14H15F6NO/c1-9(10-5-3-2-4-6-10)21-7-11(8-21)22-12(13(15,16)17)14(18,19)20/h2-6,9,11-12H,7-8H2,1H3. The van der Waals surface area contributed by atoms with Crippen molar-refractivity contribution in [1.29, 1.82) is 0 Å². The van der Waals surface area contributed by atoms with Crippen LogP contribution in [0.4, 0.5) is 26.3 Å². The van der Waals surface area contributed by atoms with Gasteiger partial charge in [0.2, 0.25) is 6.10 Å². The van der Waals surface area contributed by atoms with Gasteiger partial charge in [-0.3, -0.25) is 4.90 Å². The number of halogens is 6. The lowest BCUT2D eigenvalue weighted by molar-refractivity contribution is -0.338. The van der Waals surface area contributed by atoms with Crippen LogP contribution in [0.3, 0.4) is 0 Å². The van der Waals surface area contributed by atoms with E-state index in [2.05, 4.69) is 4.74 Å². The van der Waals surface area contributed by atoms with Crippen molar-refractivity contribution in [3.63, 3.8) is 0 Å². The van der Waals surface area contributed by atoms with Crippen molar-refractivity contribution in [3.8, 4) is 0 Å². The maximum absolute atomic E-state index is 12.4. The van der Waals surface area contributed by atoms with Crippen LogP contribution in [0.2, 0.25) is 0 Å². The Kier molecular flexibility index (Phi) is 4.72. The molecule has 124 valence electrons. The average Bonchev–Trinajstić information content (AvgIpc) is 2.34. The van der Waals surface area contributed by atoms with E-state index >= 15 is 0 Å². The highest BCUT2D eigenvalue weighted by Gasteiger charge is 2.59. The summed E-state index contributed by atoms with van der Waals surface area (Å²) >= 11 is 0. The molecule has 2 nitrogen and oxygen atoms in total. The van der Waals surface area contributed by atoms with Crippen LogP contribution in [0.15, 0.2) is 30.3 Å². The predicted octanol–water partition coefficient (Wildman–Crippen LogP) is 3.94. The van der Waals surface area contributed by atoms with Crippen molar-refractivity contribution < 1.29 is 31.1 Å². The van der Waals surface area contributed by atoms with Crippen LogP contribution >= 0.6 is 0 Å². The van der Waals surface area contributed by atoms with Gasteiger partial charge in [-0.15, -0.1) is 0 Å². The Labute approximate surface area is 123 Å². The molecule has 0 spiro atoms. The molecular weight excluding hydrogens is 312 g/mol. The molecule has 1 heterocycles. The molecule has 0 amide bonds. The molecule has 8 heteroatoms. The first-order valence-corrected chi connectivity index (χ1v) is 6.67. The third-order valence-electron chi connectivity index (χ3n) is 3.63. The third-order valence-corrected chi connectivity index (χ3v) is 3.63. The number of hydrogen-bond donors (Lipinski definition) is 0. The molecule has 1 aliphatic rings. The molecule has 0 N–H and O–H groups in total. The Morgan fingerprint density at radius 3 is 1.95 bits per heavy atom. The monoisotopic (exact) mass is 327 g/mol. The van der Waals surface area contributed by atoms with Crippen molar-refractivity contribution in [3.05, 3.63) is 35.9 Å². The molecule has 0 radical (unpaired) electrons. The first-order valence-electron chi connectivity index (χ1n) is 6.67. The minimum atomic E-state index is -5.45. The SMILES string of the molecule is CC(c1ccccc1)N1CC(OC(C(F)(F)F)C(F)(F)F)C1. The molecule has 0 aliphatic carbocycles. The maximum atomic E-state index is 12.4. The van der Waals surface area contributed by atoms with Gasteiger partial charge in [-0.2, -0.15) is 26.3 Å². The Balaban J connectivity index is 1.91. The van der Waals surface area contributed by atoms with Crippen LogP contribution in [-0.4, -0.2) is 42.5 Å². The summed E-state index contributed by atoms with van der Waals surface area (Å²) in [6, 6.07) is 9.10. The highest BCUT2D eigenvalue weighted by molar-refractivity contribution is 5.19. The van der Waals surface area contributed by atoms with Crippen molar-refractivity contribution in [2.45, 2.75) is 37.5 Å². The minimum Gasteiger partial charge on any atom is -0.355 e. The van der Waals surface area contributed by atoms with E-state index in [-0.39, 0.29) is 19.1 Å². The first-order chi connectivity index (χ1) is 10.1.